The molecule has 0 radical (unpaired) electrons. The third-order valence-electron chi connectivity index (χ3n) is 4.18. The summed E-state index contributed by atoms with van der Waals surface area (Å²) >= 11 is 3.42. The van der Waals surface area contributed by atoms with Crippen molar-refractivity contribution in [1.82, 2.24) is 10.2 Å². The first kappa shape index (κ1) is 17.0. The Bertz CT molecular complexity index is 741. The van der Waals surface area contributed by atoms with E-state index in [4.69, 9.17) is 4.74 Å². The van der Waals surface area contributed by atoms with E-state index in [0.717, 1.165) is 20.5 Å². The van der Waals surface area contributed by atoms with Gasteiger partial charge in [0, 0.05) is 4.47 Å². The second-order valence-corrected chi connectivity index (χ2v) is 8.03. The molecule has 1 aromatic rings. The molecule has 0 bridgehead atoms. The van der Waals surface area contributed by atoms with E-state index in [1.165, 1.54) is 0 Å². The Morgan fingerprint density at radius 2 is 2.08 bits per heavy atom. The molecule has 1 N–H and O–H groups in total. The van der Waals surface area contributed by atoms with Gasteiger partial charge in [-0.25, -0.2) is 4.79 Å². The Balaban J connectivity index is 1.85. The molecule has 3 rings (SSSR count). The van der Waals surface area contributed by atoms with Crippen LogP contribution in [0.15, 0.2) is 22.7 Å². The highest BCUT2D eigenvalue weighted by atomic mass is 79.9. The topological polar surface area (TPSA) is 75.7 Å². The SMILES string of the molecule is CC(C)(C)OC(=O)CN1C(=O)NC2(CCc3cc(Br)ccc32)C1=O. The zero-order valence-corrected chi connectivity index (χ0v) is 15.4. The molecule has 1 heterocycles. The molecule has 0 saturated carbocycles. The number of ether oxygens (including phenoxy) is 1. The van der Waals surface area contributed by atoms with Crippen LogP contribution in [0.4, 0.5) is 4.79 Å². The molecular weight excluding hydrogens is 376 g/mol. The van der Waals surface area contributed by atoms with E-state index in [1.807, 2.05) is 18.2 Å². The molecule has 1 fully saturated rings. The van der Waals surface area contributed by atoms with Crippen LogP contribution in [-0.4, -0.2) is 35.0 Å². The molecule has 1 saturated heterocycles. The van der Waals surface area contributed by atoms with Gasteiger partial charge in [0.1, 0.15) is 17.7 Å². The summed E-state index contributed by atoms with van der Waals surface area (Å²) < 4.78 is 6.14. The number of carbonyl (C=O) groups is 3. The molecule has 1 aromatic carbocycles. The number of halogens is 1. The van der Waals surface area contributed by atoms with Crippen LogP contribution in [0.25, 0.3) is 0 Å². The normalized spacial score (nSPS) is 22.8. The summed E-state index contributed by atoms with van der Waals surface area (Å²) in [6.45, 7) is 4.84. The van der Waals surface area contributed by atoms with Crippen LogP contribution < -0.4 is 5.32 Å². The Morgan fingerprint density at radius 1 is 1.38 bits per heavy atom. The molecule has 1 aliphatic heterocycles. The molecule has 0 aromatic heterocycles. The van der Waals surface area contributed by atoms with Crippen molar-refractivity contribution < 1.29 is 19.1 Å². The van der Waals surface area contributed by atoms with Gasteiger partial charge in [-0.15, -0.1) is 0 Å². The van der Waals surface area contributed by atoms with Crippen LogP contribution >= 0.6 is 15.9 Å². The Morgan fingerprint density at radius 3 is 2.75 bits per heavy atom. The first-order valence-electron chi connectivity index (χ1n) is 7.77. The van der Waals surface area contributed by atoms with E-state index in [-0.39, 0.29) is 12.5 Å². The number of imide groups is 1. The van der Waals surface area contributed by atoms with Crippen molar-refractivity contribution in [2.24, 2.45) is 0 Å². The molecule has 7 heteroatoms. The average molecular weight is 395 g/mol. The average Bonchev–Trinajstić information content (AvgIpc) is 2.91. The predicted molar refractivity (Wildman–Crippen MR) is 90.2 cm³/mol. The summed E-state index contributed by atoms with van der Waals surface area (Å²) in [4.78, 5) is 38.2. The van der Waals surface area contributed by atoms with E-state index in [9.17, 15) is 14.4 Å². The van der Waals surface area contributed by atoms with Gasteiger partial charge in [-0.3, -0.25) is 14.5 Å². The second-order valence-electron chi connectivity index (χ2n) is 7.11. The number of rotatable bonds is 2. The van der Waals surface area contributed by atoms with Crippen molar-refractivity contribution in [2.75, 3.05) is 6.54 Å². The second kappa shape index (κ2) is 5.58. The largest absolute Gasteiger partial charge is 0.459 e. The van der Waals surface area contributed by atoms with Crippen LogP contribution in [0, 0.1) is 0 Å². The van der Waals surface area contributed by atoms with Gasteiger partial charge in [0.05, 0.1) is 0 Å². The summed E-state index contributed by atoms with van der Waals surface area (Å²) in [5.41, 5.74) is 0.0999. The summed E-state index contributed by atoms with van der Waals surface area (Å²) in [5.74, 6) is -0.989. The van der Waals surface area contributed by atoms with Gasteiger partial charge in [-0.05, 0) is 56.9 Å². The number of amides is 3. The van der Waals surface area contributed by atoms with Crippen molar-refractivity contribution in [3.8, 4) is 0 Å². The number of aryl methyl sites for hydroxylation is 1. The van der Waals surface area contributed by atoms with E-state index in [1.54, 1.807) is 20.8 Å². The lowest BCUT2D eigenvalue weighted by atomic mass is 9.92. The predicted octanol–water partition coefficient (Wildman–Crippen LogP) is 2.48. The zero-order chi connectivity index (χ0) is 17.7. The number of hydrogen-bond acceptors (Lipinski definition) is 4. The summed E-state index contributed by atoms with van der Waals surface area (Å²) in [6, 6.07) is 5.10. The highest BCUT2D eigenvalue weighted by Gasteiger charge is 2.55. The highest BCUT2D eigenvalue weighted by molar-refractivity contribution is 9.10. The third kappa shape index (κ3) is 2.81. The van der Waals surface area contributed by atoms with Crippen molar-refractivity contribution in [2.45, 2.75) is 44.8 Å². The lowest BCUT2D eigenvalue weighted by molar-refractivity contribution is -0.157. The van der Waals surface area contributed by atoms with Gasteiger partial charge < -0.3 is 10.1 Å². The van der Waals surface area contributed by atoms with Crippen molar-refractivity contribution in [1.29, 1.82) is 0 Å². The van der Waals surface area contributed by atoms with Crippen LogP contribution in [0.1, 0.15) is 38.3 Å². The fraction of sp³-hybridized carbons (Fsp3) is 0.471. The van der Waals surface area contributed by atoms with Crippen molar-refractivity contribution in [3.05, 3.63) is 33.8 Å². The minimum Gasteiger partial charge on any atom is -0.459 e. The summed E-state index contributed by atoms with van der Waals surface area (Å²) in [6.07, 6.45) is 1.19. The smallest absolute Gasteiger partial charge is 0.326 e. The number of fused-ring (bicyclic) bond motifs is 2. The molecular formula is C17H19BrN2O4. The maximum Gasteiger partial charge on any atom is 0.326 e. The highest BCUT2D eigenvalue weighted by Crippen LogP contribution is 2.42. The molecule has 3 amide bonds. The summed E-state index contributed by atoms with van der Waals surface area (Å²) in [5, 5.41) is 2.79. The lowest BCUT2D eigenvalue weighted by Gasteiger charge is -2.23. The van der Waals surface area contributed by atoms with E-state index < -0.39 is 23.1 Å². The maximum absolute atomic E-state index is 12.9. The summed E-state index contributed by atoms with van der Waals surface area (Å²) in [7, 11) is 0. The van der Waals surface area contributed by atoms with E-state index in [0.29, 0.717) is 12.8 Å². The number of carbonyl (C=O) groups excluding carboxylic acids is 3. The Hall–Kier alpha value is -1.89. The molecule has 1 spiro atoms. The first-order chi connectivity index (χ1) is 11.1. The minimum absolute atomic E-state index is 0.379. The van der Waals surface area contributed by atoms with Crippen LogP contribution in [0.2, 0.25) is 0 Å². The van der Waals surface area contributed by atoms with Crippen LogP contribution in [-0.2, 0) is 26.3 Å². The quantitative estimate of drug-likeness (QED) is 0.617. The molecule has 128 valence electrons. The number of esters is 1. The zero-order valence-electron chi connectivity index (χ0n) is 13.8. The van der Waals surface area contributed by atoms with Gasteiger partial charge in [0.25, 0.3) is 5.91 Å². The fourth-order valence-corrected chi connectivity index (χ4v) is 3.68. The van der Waals surface area contributed by atoms with Gasteiger partial charge in [0.15, 0.2) is 0 Å². The van der Waals surface area contributed by atoms with Gasteiger partial charge in [-0.1, -0.05) is 22.0 Å². The standard InChI is InChI=1S/C17H19BrN2O4/c1-16(2,3)24-13(21)9-20-14(22)17(19-15(20)23)7-6-10-8-11(18)4-5-12(10)17/h4-5,8H,6-7,9H2,1-3H3,(H,19,23). The monoisotopic (exact) mass is 394 g/mol. The van der Waals surface area contributed by atoms with Gasteiger partial charge in [-0.2, -0.15) is 0 Å². The van der Waals surface area contributed by atoms with E-state index >= 15 is 0 Å². The Kier molecular flexibility index (Phi) is 3.94. The van der Waals surface area contributed by atoms with Crippen molar-refractivity contribution in [3.63, 3.8) is 0 Å². The van der Waals surface area contributed by atoms with Gasteiger partial charge >= 0.3 is 12.0 Å². The third-order valence-corrected chi connectivity index (χ3v) is 4.67. The molecule has 1 aliphatic carbocycles. The molecule has 6 nitrogen and oxygen atoms in total. The fourth-order valence-electron chi connectivity index (χ4n) is 3.27. The van der Waals surface area contributed by atoms with Gasteiger partial charge in [0.2, 0.25) is 0 Å². The Labute approximate surface area is 148 Å². The number of nitrogens with one attached hydrogen (secondary N) is 1. The molecule has 24 heavy (non-hydrogen) atoms. The van der Waals surface area contributed by atoms with Crippen LogP contribution in [0.3, 0.4) is 0 Å². The minimum atomic E-state index is -1.06. The molecule has 1 atom stereocenters. The maximum atomic E-state index is 12.9. The van der Waals surface area contributed by atoms with Crippen molar-refractivity contribution >= 4 is 33.8 Å². The molecule has 2 aliphatic rings. The number of urea groups is 1. The van der Waals surface area contributed by atoms with E-state index in [2.05, 4.69) is 21.2 Å². The lowest BCUT2D eigenvalue weighted by Crippen LogP contribution is -2.43. The number of benzene rings is 1. The number of hydrogen-bond donors (Lipinski definition) is 1. The van der Waals surface area contributed by atoms with Crippen LogP contribution in [0.5, 0.6) is 0 Å². The molecule has 1 unspecified atom stereocenters. The first-order valence-corrected chi connectivity index (χ1v) is 8.56. The number of nitrogens with zero attached hydrogens (tertiary/aromatic N) is 1.